The van der Waals surface area contributed by atoms with Crippen LogP contribution in [0.3, 0.4) is 0 Å². The highest BCUT2D eigenvalue weighted by atomic mass is 35.5. The highest BCUT2D eigenvalue weighted by molar-refractivity contribution is 7.89. The lowest BCUT2D eigenvalue weighted by atomic mass is 10.2. The third-order valence-corrected chi connectivity index (χ3v) is 4.41. The molecule has 0 amide bonds. The molecule has 0 fully saturated rings. The van der Waals surface area contributed by atoms with Crippen LogP contribution >= 0.6 is 11.6 Å². The molecule has 0 saturated heterocycles. The van der Waals surface area contributed by atoms with Crippen LogP contribution in [0.25, 0.3) is 0 Å². The molecule has 0 radical (unpaired) electrons. The molecule has 0 aromatic heterocycles. The molecule has 1 N–H and O–H groups in total. The van der Waals surface area contributed by atoms with Crippen LogP contribution in [0, 0.1) is 15.9 Å². The highest BCUT2D eigenvalue weighted by Crippen LogP contribution is 2.21. The van der Waals surface area contributed by atoms with E-state index in [1.54, 1.807) is 24.3 Å². The topological polar surface area (TPSA) is 89.3 Å². The van der Waals surface area contributed by atoms with E-state index in [-0.39, 0.29) is 11.4 Å². The van der Waals surface area contributed by atoms with Crippen molar-refractivity contribution in [2.24, 2.45) is 0 Å². The van der Waals surface area contributed by atoms with Crippen LogP contribution in [-0.4, -0.2) is 13.3 Å². The molecular formula is C13H10ClFN2O4S. The minimum Gasteiger partial charge on any atom is -0.258 e. The summed E-state index contributed by atoms with van der Waals surface area (Å²) in [5.41, 5.74) is -0.279. The zero-order chi connectivity index (χ0) is 16.3. The molecular weight excluding hydrogens is 335 g/mol. The standard InChI is InChI=1S/C13H10ClFN2O4S/c14-10-3-1-2-9(6-10)8-16-22(20,21)11-4-5-12(15)13(7-11)17(18)19/h1-7,16H,8H2. The maximum atomic E-state index is 13.2. The monoisotopic (exact) mass is 344 g/mol. The predicted octanol–water partition coefficient (Wildman–Crippen LogP) is 2.87. The summed E-state index contributed by atoms with van der Waals surface area (Å²) in [6.45, 7) is -0.0476. The Morgan fingerprint density at radius 3 is 2.59 bits per heavy atom. The summed E-state index contributed by atoms with van der Waals surface area (Å²) in [7, 11) is -4.01. The quantitative estimate of drug-likeness (QED) is 0.667. The molecule has 0 unspecified atom stereocenters. The van der Waals surface area contributed by atoms with Crippen LogP contribution in [0.1, 0.15) is 5.56 Å². The number of nitrogens with zero attached hydrogens (tertiary/aromatic N) is 1. The van der Waals surface area contributed by atoms with Gasteiger partial charge in [0.15, 0.2) is 0 Å². The van der Waals surface area contributed by atoms with Gasteiger partial charge in [-0.3, -0.25) is 10.1 Å². The summed E-state index contributed by atoms with van der Waals surface area (Å²) in [6, 6.07) is 8.93. The molecule has 0 spiro atoms. The normalized spacial score (nSPS) is 11.4. The average Bonchev–Trinajstić information content (AvgIpc) is 2.45. The number of nitro groups is 1. The van der Waals surface area contributed by atoms with Crippen LogP contribution in [0.5, 0.6) is 0 Å². The lowest BCUT2D eigenvalue weighted by Crippen LogP contribution is -2.23. The number of nitrogens with one attached hydrogen (secondary N) is 1. The molecule has 0 aliphatic rings. The molecule has 0 bridgehead atoms. The van der Waals surface area contributed by atoms with Gasteiger partial charge in [-0.05, 0) is 29.8 Å². The number of benzene rings is 2. The van der Waals surface area contributed by atoms with Crippen molar-refractivity contribution in [3.8, 4) is 0 Å². The van der Waals surface area contributed by atoms with Crippen molar-refractivity contribution in [2.75, 3.05) is 0 Å². The van der Waals surface area contributed by atoms with Gasteiger partial charge < -0.3 is 0 Å². The van der Waals surface area contributed by atoms with E-state index in [1.807, 2.05) is 0 Å². The van der Waals surface area contributed by atoms with E-state index < -0.39 is 26.5 Å². The molecule has 0 aliphatic carbocycles. The third kappa shape index (κ3) is 3.79. The van der Waals surface area contributed by atoms with E-state index in [0.29, 0.717) is 16.7 Å². The van der Waals surface area contributed by atoms with E-state index in [1.165, 1.54) is 0 Å². The molecule has 0 aliphatic heterocycles. The van der Waals surface area contributed by atoms with Gasteiger partial charge in [0.2, 0.25) is 15.8 Å². The van der Waals surface area contributed by atoms with Gasteiger partial charge in [0.25, 0.3) is 0 Å². The second kappa shape index (κ2) is 6.39. The molecule has 2 aromatic rings. The lowest BCUT2D eigenvalue weighted by Gasteiger charge is -2.07. The number of rotatable bonds is 5. The van der Waals surface area contributed by atoms with Gasteiger partial charge in [0.05, 0.1) is 9.82 Å². The summed E-state index contributed by atoms with van der Waals surface area (Å²) in [6.07, 6.45) is 0. The van der Waals surface area contributed by atoms with Gasteiger partial charge in [0.1, 0.15) is 0 Å². The van der Waals surface area contributed by atoms with Gasteiger partial charge in [-0.15, -0.1) is 0 Å². The summed E-state index contributed by atoms with van der Waals surface area (Å²) < 4.78 is 39.7. The van der Waals surface area contributed by atoms with Gasteiger partial charge in [-0.2, -0.15) is 4.39 Å². The van der Waals surface area contributed by atoms with Crippen molar-refractivity contribution in [3.63, 3.8) is 0 Å². The van der Waals surface area contributed by atoms with Crippen LogP contribution < -0.4 is 4.72 Å². The van der Waals surface area contributed by atoms with E-state index in [2.05, 4.69) is 4.72 Å². The molecule has 0 saturated carbocycles. The first-order valence-corrected chi connectivity index (χ1v) is 7.84. The Hall–Kier alpha value is -2.03. The Morgan fingerprint density at radius 2 is 1.95 bits per heavy atom. The van der Waals surface area contributed by atoms with Gasteiger partial charge in [-0.1, -0.05) is 23.7 Å². The second-order valence-electron chi connectivity index (χ2n) is 4.32. The first-order valence-electron chi connectivity index (χ1n) is 5.97. The fraction of sp³-hybridized carbons (Fsp3) is 0.0769. The molecule has 6 nitrogen and oxygen atoms in total. The number of hydrogen-bond acceptors (Lipinski definition) is 4. The number of hydrogen-bond donors (Lipinski definition) is 1. The molecule has 22 heavy (non-hydrogen) atoms. The first-order chi connectivity index (χ1) is 10.3. The van der Waals surface area contributed by atoms with Crippen LogP contribution in [0.15, 0.2) is 47.4 Å². The fourth-order valence-electron chi connectivity index (χ4n) is 1.71. The summed E-state index contributed by atoms with van der Waals surface area (Å²) in [5, 5.41) is 11.1. The molecule has 0 heterocycles. The smallest absolute Gasteiger partial charge is 0.258 e. The maximum Gasteiger partial charge on any atom is 0.306 e. The van der Waals surface area contributed by atoms with Crippen molar-refractivity contribution in [1.29, 1.82) is 0 Å². The van der Waals surface area contributed by atoms with Crippen LogP contribution in [-0.2, 0) is 16.6 Å². The zero-order valence-corrected chi connectivity index (χ0v) is 12.6. The Morgan fingerprint density at radius 1 is 1.23 bits per heavy atom. The minimum atomic E-state index is -4.01. The molecule has 0 atom stereocenters. The van der Waals surface area contributed by atoms with Crippen molar-refractivity contribution >= 4 is 27.3 Å². The minimum absolute atomic E-state index is 0.0476. The van der Waals surface area contributed by atoms with E-state index in [9.17, 15) is 22.9 Å². The van der Waals surface area contributed by atoms with Crippen LogP contribution in [0.4, 0.5) is 10.1 Å². The molecule has 9 heteroatoms. The zero-order valence-electron chi connectivity index (χ0n) is 11.0. The highest BCUT2D eigenvalue weighted by Gasteiger charge is 2.21. The van der Waals surface area contributed by atoms with Crippen molar-refractivity contribution in [3.05, 3.63) is 69.0 Å². The molecule has 2 aromatic carbocycles. The summed E-state index contributed by atoms with van der Waals surface area (Å²) >= 11 is 5.79. The van der Waals surface area contributed by atoms with Crippen molar-refractivity contribution < 1.29 is 17.7 Å². The summed E-state index contributed by atoms with van der Waals surface area (Å²) in [5.74, 6) is -1.10. The number of sulfonamides is 1. The fourth-order valence-corrected chi connectivity index (χ4v) is 2.96. The number of nitro benzene ring substituents is 1. The number of halogens is 2. The Bertz CT molecular complexity index is 827. The largest absolute Gasteiger partial charge is 0.306 e. The first kappa shape index (κ1) is 16.3. The maximum absolute atomic E-state index is 13.2. The van der Waals surface area contributed by atoms with Gasteiger partial charge in [-0.25, -0.2) is 13.1 Å². The van der Waals surface area contributed by atoms with Gasteiger partial charge >= 0.3 is 5.69 Å². The van der Waals surface area contributed by atoms with Crippen molar-refractivity contribution in [1.82, 2.24) is 4.72 Å². The average molecular weight is 345 g/mol. The van der Waals surface area contributed by atoms with E-state index in [0.717, 1.165) is 12.1 Å². The summed E-state index contributed by atoms with van der Waals surface area (Å²) in [4.78, 5) is 9.29. The lowest BCUT2D eigenvalue weighted by molar-refractivity contribution is -0.387. The predicted molar refractivity (Wildman–Crippen MR) is 78.5 cm³/mol. The SMILES string of the molecule is O=[N+]([O-])c1cc(S(=O)(=O)NCc2cccc(Cl)c2)ccc1F. The second-order valence-corrected chi connectivity index (χ2v) is 6.53. The Balaban J connectivity index is 2.24. The van der Waals surface area contributed by atoms with Crippen LogP contribution in [0.2, 0.25) is 5.02 Å². The Labute approximate surface area is 130 Å². The third-order valence-electron chi connectivity index (χ3n) is 2.78. The Kier molecular flexibility index (Phi) is 4.74. The van der Waals surface area contributed by atoms with Crippen molar-refractivity contribution in [2.45, 2.75) is 11.4 Å². The molecule has 116 valence electrons. The van der Waals surface area contributed by atoms with E-state index >= 15 is 0 Å². The molecule has 2 rings (SSSR count). The van der Waals surface area contributed by atoms with Gasteiger partial charge in [0, 0.05) is 17.6 Å². The van der Waals surface area contributed by atoms with E-state index in [4.69, 9.17) is 11.6 Å².